The van der Waals surface area contributed by atoms with Crippen molar-refractivity contribution in [3.63, 3.8) is 0 Å². The number of nitrogens with one attached hydrogen (secondary N) is 1. The molecule has 7 nitrogen and oxygen atoms in total. The Bertz CT molecular complexity index is 1520. The van der Waals surface area contributed by atoms with E-state index in [1.54, 1.807) is 30.2 Å². The first-order valence-corrected chi connectivity index (χ1v) is 15.8. The molecule has 1 fully saturated rings. The maximum atomic E-state index is 12.0. The molecule has 5 rings (SSSR count). The molecule has 1 saturated heterocycles. The average molecular weight is 659 g/mol. The van der Waals surface area contributed by atoms with Crippen LogP contribution in [0.25, 0.3) is 11.1 Å². The van der Waals surface area contributed by atoms with Crippen LogP contribution in [0.5, 0.6) is 0 Å². The largest absolute Gasteiger partial charge is 0.392 e. The van der Waals surface area contributed by atoms with Crippen LogP contribution in [-0.2, 0) is 27.4 Å². The van der Waals surface area contributed by atoms with E-state index in [-0.39, 0.29) is 31.3 Å². The average Bonchev–Trinajstić information content (AvgIpc) is 3.03. The molecule has 0 unspecified atom stereocenters. The van der Waals surface area contributed by atoms with Gasteiger partial charge in [0.25, 0.3) is 9.70 Å². The number of rotatable bonds is 9. The molecule has 4 atom stereocenters. The van der Waals surface area contributed by atoms with Crippen LogP contribution in [0, 0.1) is 5.92 Å². The zero-order valence-electron chi connectivity index (χ0n) is 23.2. The normalized spacial score (nSPS) is 20.5. The fourth-order valence-corrected chi connectivity index (χ4v) is 6.00. The summed E-state index contributed by atoms with van der Waals surface area (Å²) in [5.41, 5.74) is 5.51. The monoisotopic (exact) mass is 657 g/mol. The second-order valence-electron chi connectivity index (χ2n) is 10.2. The van der Waals surface area contributed by atoms with Crippen LogP contribution in [-0.4, -0.2) is 36.6 Å². The number of carbonyl (C=O) groups is 1. The van der Waals surface area contributed by atoms with Gasteiger partial charge in [0.2, 0.25) is 0 Å². The SMILES string of the molecule is C[C@H]1[C@@H](CSc2ncccn2)O[C@@H](c2cccc(-c3cccc(CNC(=O)C(Cl)(Cl)Cl)c3)c2)O[C@H]1c1ccc(CO)cc1. The van der Waals surface area contributed by atoms with E-state index in [4.69, 9.17) is 44.3 Å². The Morgan fingerprint density at radius 2 is 1.60 bits per heavy atom. The third-order valence-corrected chi connectivity index (χ3v) is 8.65. The molecule has 3 aromatic carbocycles. The zero-order valence-corrected chi connectivity index (χ0v) is 26.3. The second kappa shape index (κ2) is 14.4. The summed E-state index contributed by atoms with van der Waals surface area (Å²) in [5.74, 6) is 0.00537. The van der Waals surface area contributed by atoms with Gasteiger partial charge < -0.3 is 19.9 Å². The van der Waals surface area contributed by atoms with Gasteiger partial charge in [0.05, 0.1) is 18.8 Å². The molecular weight excluding hydrogens is 629 g/mol. The number of ether oxygens (including phenoxy) is 2. The number of nitrogens with zero attached hydrogens (tertiary/aromatic N) is 2. The van der Waals surface area contributed by atoms with E-state index < -0.39 is 16.0 Å². The predicted molar refractivity (Wildman–Crippen MR) is 170 cm³/mol. The van der Waals surface area contributed by atoms with Crippen molar-refractivity contribution in [2.24, 2.45) is 5.92 Å². The maximum Gasteiger partial charge on any atom is 0.272 e. The number of halogens is 3. The van der Waals surface area contributed by atoms with Crippen LogP contribution in [0.15, 0.2) is 96.4 Å². The Morgan fingerprint density at radius 3 is 2.30 bits per heavy atom. The topological polar surface area (TPSA) is 93.6 Å². The van der Waals surface area contributed by atoms with Gasteiger partial charge in [0.1, 0.15) is 0 Å². The lowest BCUT2D eigenvalue weighted by molar-refractivity contribution is -0.268. The number of thioether (sulfide) groups is 1. The van der Waals surface area contributed by atoms with Crippen molar-refractivity contribution in [2.75, 3.05) is 5.75 Å². The number of aliphatic hydroxyl groups is 1. The molecule has 1 aromatic heterocycles. The Balaban J connectivity index is 1.38. The number of amides is 1. The van der Waals surface area contributed by atoms with Gasteiger partial charge >= 0.3 is 0 Å². The summed E-state index contributed by atoms with van der Waals surface area (Å²) in [6, 6.07) is 25.4. The Kier molecular flexibility index (Phi) is 10.6. The molecule has 2 heterocycles. The van der Waals surface area contributed by atoms with Gasteiger partial charge in [-0.3, -0.25) is 4.79 Å². The van der Waals surface area contributed by atoms with Gasteiger partial charge in [0.15, 0.2) is 11.4 Å². The Hall–Kier alpha value is -2.69. The molecule has 0 aliphatic carbocycles. The van der Waals surface area contributed by atoms with Crippen LogP contribution >= 0.6 is 46.6 Å². The fourth-order valence-electron chi connectivity index (χ4n) is 4.83. The number of hydrogen-bond donors (Lipinski definition) is 2. The number of benzene rings is 3. The minimum absolute atomic E-state index is 0.0172. The minimum atomic E-state index is -2.02. The second-order valence-corrected chi connectivity index (χ2v) is 13.4. The predicted octanol–water partition coefficient (Wildman–Crippen LogP) is 7.21. The van der Waals surface area contributed by atoms with E-state index >= 15 is 0 Å². The Morgan fingerprint density at radius 1 is 0.907 bits per heavy atom. The van der Waals surface area contributed by atoms with Crippen LogP contribution < -0.4 is 5.32 Å². The minimum Gasteiger partial charge on any atom is -0.392 e. The third kappa shape index (κ3) is 8.28. The van der Waals surface area contributed by atoms with Gasteiger partial charge in [0, 0.05) is 36.2 Å². The number of hydrogen-bond acceptors (Lipinski definition) is 7. The van der Waals surface area contributed by atoms with Gasteiger partial charge in [-0.15, -0.1) is 0 Å². The molecule has 0 spiro atoms. The molecule has 0 radical (unpaired) electrons. The zero-order chi connectivity index (χ0) is 30.4. The molecule has 43 heavy (non-hydrogen) atoms. The van der Waals surface area contributed by atoms with Gasteiger partial charge in [-0.25, -0.2) is 9.97 Å². The van der Waals surface area contributed by atoms with Crippen molar-refractivity contribution < 1.29 is 19.4 Å². The highest BCUT2D eigenvalue weighted by Gasteiger charge is 2.38. The standard InChI is InChI=1S/C32H30Cl3N3O4S/c1-20-27(19-43-31-36-13-4-14-37-31)41-29(42-28(20)23-11-9-21(18-39)10-12-23)26-8-3-7-25(16-26)24-6-2-5-22(15-24)17-38-30(40)32(33,34)35/h2-16,20,27-29,39H,17-19H2,1H3,(H,38,40)/t20-,27+,28+,29+/m0/s1. The van der Waals surface area contributed by atoms with Gasteiger partial charge in [-0.1, -0.05) is 114 Å². The van der Waals surface area contributed by atoms with Crippen molar-refractivity contribution in [1.82, 2.24) is 15.3 Å². The summed E-state index contributed by atoms with van der Waals surface area (Å²) < 4.78 is 11.2. The summed E-state index contributed by atoms with van der Waals surface area (Å²) >= 11 is 18.6. The summed E-state index contributed by atoms with van der Waals surface area (Å²) in [5, 5.41) is 12.9. The molecule has 2 N–H and O–H groups in total. The highest BCUT2D eigenvalue weighted by atomic mass is 35.6. The van der Waals surface area contributed by atoms with E-state index in [0.717, 1.165) is 33.4 Å². The van der Waals surface area contributed by atoms with E-state index in [1.807, 2.05) is 66.7 Å². The first kappa shape index (κ1) is 31.7. The maximum absolute atomic E-state index is 12.0. The molecule has 1 aliphatic rings. The molecule has 0 bridgehead atoms. The van der Waals surface area contributed by atoms with Crippen LogP contribution in [0.4, 0.5) is 0 Å². The quantitative estimate of drug-likeness (QED) is 0.112. The fraction of sp³-hybridized carbons (Fsp3) is 0.281. The van der Waals surface area contributed by atoms with Crippen molar-refractivity contribution >= 4 is 52.5 Å². The molecule has 1 amide bonds. The van der Waals surface area contributed by atoms with Crippen LogP contribution in [0.2, 0.25) is 0 Å². The lowest BCUT2D eigenvalue weighted by atomic mass is 9.91. The third-order valence-electron chi connectivity index (χ3n) is 7.17. The summed E-state index contributed by atoms with van der Waals surface area (Å²) in [4.78, 5) is 20.7. The smallest absolute Gasteiger partial charge is 0.272 e. The van der Waals surface area contributed by atoms with Crippen LogP contribution in [0.1, 0.15) is 41.6 Å². The van der Waals surface area contributed by atoms with Crippen molar-refractivity contribution in [2.45, 2.75) is 47.5 Å². The van der Waals surface area contributed by atoms with Crippen molar-refractivity contribution in [3.8, 4) is 11.1 Å². The first-order chi connectivity index (χ1) is 20.7. The summed E-state index contributed by atoms with van der Waals surface area (Å²) in [6.07, 6.45) is 2.46. The highest BCUT2D eigenvalue weighted by Crippen LogP contribution is 2.43. The van der Waals surface area contributed by atoms with Crippen LogP contribution in [0.3, 0.4) is 0 Å². The van der Waals surface area contributed by atoms with E-state index in [9.17, 15) is 9.90 Å². The number of carbonyl (C=O) groups excluding carboxylic acids is 1. The van der Waals surface area contributed by atoms with E-state index in [0.29, 0.717) is 10.9 Å². The van der Waals surface area contributed by atoms with E-state index in [2.05, 4.69) is 28.3 Å². The van der Waals surface area contributed by atoms with Gasteiger partial charge in [-0.05, 0) is 46.0 Å². The Labute approximate surface area is 269 Å². The van der Waals surface area contributed by atoms with Crippen molar-refractivity contribution in [3.05, 3.63) is 114 Å². The first-order valence-electron chi connectivity index (χ1n) is 13.7. The molecular formula is C32H30Cl3N3O4S. The molecule has 224 valence electrons. The number of aliphatic hydroxyl groups excluding tert-OH is 1. The molecule has 4 aromatic rings. The highest BCUT2D eigenvalue weighted by molar-refractivity contribution is 7.99. The summed E-state index contributed by atoms with van der Waals surface area (Å²) in [7, 11) is 0. The van der Waals surface area contributed by atoms with Crippen molar-refractivity contribution in [1.29, 1.82) is 0 Å². The lowest BCUT2D eigenvalue weighted by Crippen LogP contribution is -2.38. The summed E-state index contributed by atoms with van der Waals surface area (Å²) in [6.45, 7) is 2.33. The molecule has 1 aliphatic heterocycles. The van der Waals surface area contributed by atoms with E-state index in [1.165, 1.54) is 0 Å². The van der Waals surface area contributed by atoms with Gasteiger partial charge in [-0.2, -0.15) is 0 Å². The lowest BCUT2D eigenvalue weighted by Gasteiger charge is -2.41. The number of alkyl halides is 3. The number of aromatic nitrogens is 2. The molecule has 11 heteroatoms. The molecule has 0 saturated carbocycles.